The smallest absolute Gasteiger partial charge is 0.124 e. The second kappa shape index (κ2) is 6.19. The van der Waals surface area contributed by atoms with Crippen LogP contribution >= 0.6 is 11.8 Å². The first kappa shape index (κ1) is 13.3. The Labute approximate surface area is 120 Å². The summed E-state index contributed by atoms with van der Waals surface area (Å²) >= 11 is 2.03. The molecule has 1 heterocycles. The lowest BCUT2D eigenvalue weighted by atomic mass is 9.92. The summed E-state index contributed by atoms with van der Waals surface area (Å²) in [6, 6.07) is 9.65. The third-order valence-electron chi connectivity index (χ3n) is 4.35. The van der Waals surface area contributed by atoms with Crippen molar-refractivity contribution in [1.29, 1.82) is 0 Å². The van der Waals surface area contributed by atoms with Gasteiger partial charge in [0.05, 0.1) is 6.61 Å². The maximum Gasteiger partial charge on any atom is 0.124 e. The number of ether oxygens (including phenoxy) is 1. The minimum Gasteiger partial charge on any atom is -0.493 e. The normalized spacial score (nSPS) is 30.5. The molecule has 0 saturated heterocycles. The summed E-state index contributed by atoms with van der Waals surface area (Å²) in [6.07, 6.45) is 8.75. The highest BCUT2D eigenvalue weighted by Gasteiger charge is 2.27. The van der Waals surface area contributed by atoms with E-state index in [0.29, 0.717) is 12.1 Å². The predicted molar refractivity (Wildman–Crippen MR) is 82.0 cm³/mol. The summed E-state index contributed by atoms with van der Waals surface area (Å²) < 4.78 is 5.74. The SMILES string of the molecule is CSC1CCCC(NC2CCOc3ccccc32)C1. The van der Waals surface area contributed by atoms with Gasteiger partial charge in [-0.3, -0.25) is 0 Å². The largest absolute Gasteiger partial charge is 0.493 e. The van der Waals surface area contributed by atoms with E-state index in [9.17, 15) is 0 Å². The average molecular weight is 277 g/mol. The summed E-state index contributed by atoms with van der Waals surface area (Å²) in [4.78, 5) is 0. The van der Waals surface area contributed by atoms with Crippen LogP contribution < -0.4 is 10.1 Å². The molecule has 0 radical (unpaired) electrons. The van der Waals surface area contributed by atoms with Crippen LogP contribution in [0.1, 0.15) is 43.7 Å². The van der Waals surface area contributed by atoms with Crippen molar-refractivity contribution in [1.82, 2.24) is 5.32 Å². The number of fused-ring (bicyclic) bond motifs is 1. The average Bonchev–Trinajstić information content (AvgIpc) is 2.48. The van der Waals surface area contributed by atoms with Crippen molar-refractivity contribution in [2.75, 3.05) is 12.9 Å². The second-order valence-corrected chi connectivity index (χ2v) is 6.75. The van der Waals surface area contributed by atoms with Gasteiger partial charge in [-0.1, -0.05) is 24.6 Å². The quantitative estimate of drug-likeness (QED) is 0.908. The van der Waals surface area contributed by atoms with Gasteiger partial charge in [0, 0.05) is 29.3 Å². The lowest BCUT2D eigenvalue weighted by molar-refractivity contribution is 0.234. The zero-order valence-corrected chi connectivity index (χ0v) is 12.4. The molecule has 0 bridgehead atoms. The van der Waals surface area contributed by atoms with Gasteiger partial charge >= 0.3 is 0 Å². The minimum atomic E-state index is 0.482. The van der Waals surface area contributed by atoms with E-state index in [1.807, 2.05) is 11.8 Å². The molecule has 1 aliphatic heterocycles. The summed E-state index contributed by atoms with van der Waals surface area (Å²) in [5.41, 5.74) is 1.35. The van der Waals surface area contributed by atoms with Gasteiger partial charge < -0.3 is 10.1 Å². The lowest BCUT2D eigenvalue weighted by Gasteiger charge is -2.34. The maximum absolute atomic E-state index is 5.74. The Balaban J connectivity index is 1.67. The molecular weight excluding hydrogens is 254 g/mol. The van der Waals surface area contributed by atoms with Crippen molar-refractivity contribution < 1.29 is 4.74 Å². The minimum absolute atomic E-state index is 0.482. The number of hydrogen-bond donors (Lipinski definition) is 1. The molecule has 3 heteroatoms. The van der Waals surface area contributed by atoms with Crippen molar-refractivity contribution in [2.24, 2.45) is 0 Å². The molecule has 19 heavy (non-hydrogen) atoms. The highest BCUT2D eigenvalue weighted by Crippen LogP contribution is 2.34. The third-order valence-corrected chi connectivity index (χ3v) is 5.45. The van der Waals surface area contributed by atoms with Crippen molar-refractivity contribution in [3.63, 3.8) is 0 Å². The van der Waals surface area contributed by atoms with E-state index in [1.165, 1.54) is 31.2 Å². The van der Waals surface area contributed by atoms with Gasteiger partial charge in [-0.05, 0) is 31.6 Å². The van der Waals surface area contributed by atoms with E-state index in [2.05, 4.69) is 35.8 Å². The fraction of sp³-hybridized carbons (Fsp3) is 0.625. The molecule has 2 nitrogen and oxygen atoms in total. The van der Waals surface area contributed by atoms with Crippen molar-refractivity contribution >= 4 is 11.8 Å². The fourth-order valence-corrected chi connectivity index (χ4v) is 4.14. The first-order valence-corrected chi connectivity index (χ1v) is 8.66. The van der Waals surface area contributed by atoms with E-state index < -0.39 is 0 Å². The summed E-state index contributed by atoms with van der Waals surface area (Å²) in [5.74, 6) is 1.07. The first-order valence-electron chi connectivity index (χ1n) is 7.37. The van der Waals surface area contributed by atoms with E-state index in [4.69, 9.17) is 4.74 Å². The number of benzene rings is 1. The zero-order chi connectivity index (χ0) is 13.1. The van der Waals surface area contributed by atoms with Gasteiger partial charge in [0.1, 0.15) is 5.75 Å². The van der Waals surface area contributed by atoms with E-state index in [1.54, 1.807) is 0 Å². The van der Waals surface area contributed by atoms with Crippen molar-refractivity contribution in [3.05, 3.63) is 29.8 Å². The van der Waals surface area contributed by atoms with Gasteiger partial charge in [0.2, 0.25) is 0 Å². The Bertz CT molecular complexity index is 423. The monoisotopic (exact) mass is 277 g/mol. The molecule has 1 N–H and O–H groups in total. The van der Waals surface area contributed by atoms with Gasteiger partial charge in [-0.2, -0.15) is 11.8 Å². The van der Waals surface area contributed by atoms with Crippen LogP contribution in [-0.2, 0) is 0 Å². The van der Waals surface area contributed by atoms with Gasteiger partial charge in [0.25, 0.3) is 0 Å². The Morgan fingerprint density at radius 2 is 2.11 bits per heavy atom. The van der Waals surface area contributed by atoms with Crippen LogP contribution in [0.15, 0.2) is 24.3 Å². The van der Waals surface area contributed by atoms with Gasteiger partial charge in [-0.25, -0.2) is 0 Å². The van der Waals surface area contributed by atoms with Crippen LogP contribution in [-0.4, -0.2) is 24.2 Å². The van der Waals surface area contributed by atoms with E-state index >= 15 is 0 Å². The summed E-state index contributed by atoms with van der Waals surface area (Å²) in [5, 5.41) is 4.73. The lowest BCUT2D eigenvalue weighted by Crippen LogP contribution is -2.39. The molecule has 1 fully saturated rings. The Hall–Kier alpha value is -0.670. The van der Waals surface area contributed by atoms with Crippen LogP contribution in [0.4, 0.5) is 0 Å². The third kappa shape index (κ3) is 3.09. The number of thioether (sulfide) groups is 1. The Morgan fingerprint density at radius 1 is 1.21 bits per heavy atom. The molecule has 1 aromatic carbocycles. The molecule has 1 aromatic rings. The molecule has 3 unspecified atom stereocenters. The predicted octanol–water partition coefficient (Wildman–Crippen LogP) is 3.77. The van der Waals surface area contributed by atoms with Gasteiger partial charge in [0.15, 0.2) is 0 Å². The van der Waals surface area contributed by atoms with E-state index in [-0.39, 0.29) is 0 Å². The molecule has 0 amide bonds. The van der Waals surface area contributed by atoms with Crippen molar-refractivity contribution in [3.8, 4) is 5.75 Å². The number of nitrogens with one attached hydrogen (secondary N) is 1. The number of rotatable bonds is 3. The highest BCUT2D eigenvalue weighted by molar-refractivity contribution is 7.99. The van der Waals surface area contributed by atoms with Crippen LogP contribution in [0.25, 0.3) is 0 Å². The molecule has 104 valence electrons. The molecular formula is C16H23NOS. The summed E-state index contributed by atoms with van der Waals surface area (Å²) in [7, 11) is 0. The standard InChI is InChI=1S/C16H23NOS/c1-19-13-6-4-5-12(11-13)17-15-9-10-18-16-8-3-2-7-14(15)16/h2-3,7-8,12-13,15,17H,4-6,9-11H2,1H3. The van der Waals surface area contributed by atoms with Crippen LogP contribution in [0, 0.1) is 0 Å². The van der Waals surface area contributed by atoms with Crippen LogP contribution in [0.3, 0.4) is 0 Å². The topological polar surface area (TPSA) is 21.3 Å². The van der Waals surface area contributed by atoms with Gasteiger partial charge in [-0.15, -0.1) is 0 Å². The Kier molecular flexibility index (Phi) is 4.34. The van der Waals surface area contributed by atoms with Crippen LogP contribution in [0.2, 0.25) is 0 Å². The second-order valence-electron chi connectivity index (χ2n) is 5.62. The Morgan fingerprint density at radius 3 is 3.00 bits per heavy atom. The number of para-hydroxylation sites is 1. The molecule has 0 spiro atoms. The maximum atomic E-state index is 5.74. The molecule has 3 atom stereocenters. The van der Waals surface area contributed by atoms with E-state index in [0.717, 1.165) is 24.0 Å². The summed E-state index contributed by atoms with van der Waals surface area (Å²) in [6.45, 7) is 0.841. The molecule has 0 aromatic heterocycles. The number of hydrogen-bond acceptors (Lipinski definition) is 3. The highest BCUT2D eigenvalue weighted by atomic mass is 32.2. The van der Waals surface area contributed by atoms with Crippen LogP contribution in [0.5, 0.6) is 5.75 Å². The van der Waals surface area contributed by atoms with Crippen molar-refractivity contribution in [2.45, 2.75) is 49.4 Å². The molecule has 3 rings (SSSR count). The molecule has 1 aliphatic carbocycles. The zero-order valence-electron chi connectivity index (χ0n) is 11.6. The molecule has 2 aliphatic rings. The molecule has 1 saturated carbocycles. The fourth-order valence-electron chi connectivity index (χ4n) is 3.31. The first-order chi connectivity index (χ1) is 9.36.